The predicted octanol–water partition coefficient (Wildman–Crippen LogP) is 3.69. The SMILES string of the molecule is CNC1CCC(C2CC(C)CC(C)C2)C1C. The highest BCUT2D eigenvalue weighted by Gasteiger charge is 2.39. The first-order valence-corrected chi connectivity index (χ1v) is 7.29. The van der Waals surface area contributed by atoms with E-state index in [9.17, 15) is 0 Å². The molecule has 2 rings (SSSR count). The Bertz CT molecular complexity index is 215. The lowest BCUT2D eigenvalue weighted by molar-refractivity contribution is 0.135. The zero-order chi connectivity index (χ0) is 11.7. The summed E-state index contributed by atoms with van der Waals surface area (Å²) in [6, 6.07) is 0.789. The Labute approximate surface area is 101 Å². The van der Waals surface area contributed by atoms with E-state index in [1.807, 2.05) is 0 Å². The molecule has 2 saturated carbocycles. The van der Waals surface area contributed by atoms with E-state index in [-0.39, 0.29) is 0 Å². The molecule has 0 amide bonds. The van der Waals surface area contributed by atoms with Gasteiger partial charge in [0, 0.05) is 6.04 Å². The molecule has 0 heterocycles. The lowest BCUT2D eigenvalue weighted by Crippen LogP contribution is -2.33. The molecule has 0 radical (unpaired) electrons. The molecule has 2 aliphatic rings. The van der Waals surface area contributed by atoms with Crippen LogP contribution in [-0.2, 0) is 0 Å². The maximum atomic E-state index is 3.51. The highest BCUT2D eigenvalue weighted by atomic mass is 14.9. The lowest BCUT2D eigenvalue weighted by Gasteiger charge is -2.37. The van der Waals surface area contributed by atoms with Gasteiger partial charge in [-0.1, -0.05) is 20.8 Å². The summed E-state index contributed by atoms with van der Waals surface area (Å²) in [7, 11) is 2.13. The van der Waals surface area contributed by atoms with Crippen molar-refractivity contribution in [2.75, 3.05) is 7.05 Å². The first-order valence-electron chi connectivity index (χ1n) is 7.29. The fourth-order valence-electron chi connectivity index (χ4n) is 4.63. The summed E-state index contributed by atoms with van der Waals surface area (Å²) in [5.74, 6) is 4.85. The van der Waals surface area contributed by atoms with Gasteiger partial charge in [-0.15, -0.1) is 0 Å². The van der Waals surface area contributed by atoms with Crippen LogP contribution in [0.15, 0.2) is 0 Å². The van der Waals surface area contributed by atoms with E-state index in [0.717, 1.165) is 35.6 Å². The summed E-state index contributed by atoms with van der Waals surface area (Å²) in [4.78, 5) is 0. The van der Waals surface area contributed by atoms with E-state index in [0.29, 0.717) is 0 Å². The van der Waals surface area contributed by atoms with Gasteiger partial charge in [0.05, 0.1) is 0 Å². The smallest absolute Gasteiger partial charge is 0.00925 e. The molecule has 0 aromatic heterocycles. The van der Waals surface area contributed by atoms with Crippen LogP contribution in [-0.4, -0.2) is 13.1 Å². The van der Waals surface area contributed by atoms with E-state index in [2.05, 4.69) is 33.1 Å². The van der Waals surface area contributed by atoms with E-state index >= 15 is 0 Å². The summed E-state index contributed by atoms with van der Waals surface area (Å²) in [6.07, 6.45) is 7.33. The van der Waals surface area contributed by atoms with Crippen LogP contribution in [0.5, 0.6) is 0 Å². The standard InChI is InChI=1S/C15H29N/c1-10-7-11(2)9-13(8-10)14-5-6-15(16-4)12(14)3/h10-16H,5-9H2,1-4H3. The largest absolute Gasteiger partial charge is 0.317 e. The Hall–Kier alpha value is -0.0400. The normalized spacial score (nSPS) is 49.5. The second kappa shape index (κ2) is 5.08. The molecule has 1 N–H and O–H groups in total. The van der Waals surface area contributed by atoms with Crippen molar-refractivity contribution in [3.05, 3.63) is 0 Å². The highest BCUT2D eigenvalue weighted by Crippen LogP contribution is 2.45. The van der Waals surface area contributed by atoms with Gasteiger partial charge in [0.1, 0.15) is 0 Å². The molecule has 0 spiro atoms. The van der Waals surface area contributed by atoms with Crippen LogP contribution in [0.3, 0.4) is 0 Å². The lowest BCUT2D eigenvalue weighted by atomic mass is 9.69. The van der Waals surface area contributed by atoms with Crippen LogP contribution in [0.2, 0.25) is 0 Å². The predicted molar refractivity (Wildman–Crippen MR) is 70.4 cm³/mol. The Morgan fingerprint density at radius 2 is 1.50 bits per heavy atom. The van der Waals surface area contributed by atoms with Gasteiger partial charge >= 0.3 is 0 Å². The Kier molecular flexibility index (Phi) is 3.94. The quantitative estimate of drug-likeness (QED) is 0.753. The van der Waals surface area contributed by atoms with Gasteiger partial charge in [0.2, 0.25) is 0 Å². The Morgan fingerprint density at radius 3 is 2.00 bits per heavy atom. The van der Waals surface area contributed by atoms with E-state index in [4.69, 9.17) is 0 Å². The maximum absolute atomic E-state index is 3.51. The molecule has 94 valence electrons. The number of rotatable bonds is 2. The third-order valence-electron chi connectivity index (χ3n) is 5.31. The van der Waals surface area contributed by atoms with Crippen molar-refractivity contribution >= 4 is 0 Å². The second-order valence-corrected chi connectivity index (χ2v) is 6.67. The molecule has 1 heteroatoms. The molecule has 2 aliphatic carbocycles. The molecule has 0 bridgehead atoms. The van der Waals surface area contributed by atoms with Gasteiger partial charge in [-0.25, -0.2) is 0 Å². The first kappa shape index (κ1) is 12.4. The molecule has 0 aromatic carbocycles. The third kappa shape index (κ3) is 2.45. The molecule has 0 saturated heterocycles. The molecular formula is C15H29N. The summed E-state index contributed by atoms with van der Waals surface area (Å²) < 4.78 is 0. The van der Waals surface area contributed by atoms with Crippen molar-refractivity contribution in [3.63, 3.8) is 0 Å². The molecule has 2 fully saturated rings. The van der Waals surface area contributed by atoms with E-state index < -0.39 is 0 Å². The number of nitrogens with one attached hydrogen (secondary N) is 1. The monoisotopic (exact) mass is 223 g/mol. The van der Waals surface area contributed by atoms with E-state index in [1.165, 1.54) is 32.1 Å². The number of hydrogen-bond acceptors (Lipinski definition) is 1. The van der Waals surface area contributed by atoms with Crippen LogP contribution in [0, 0.1) is 29.6 Å². The summed E-state index contributed by atoms with van der Waals surface area (Å²) in [6.45, 7) is 7.39. The van der Waals surface area contributed by atoms with Crippen molar-refractivity contribution in [3.8, 4) is 0 Å². The minimum absolute atomic E-state index is 0.789. The third-order valence-corrected chi connectivity index (χ3v) is 5.31. The summed E-state index contributed by atoms with van der Waals surface area (Å²) >= 11 is 0. The van der Waals surface area contributed by atoms with Gasteiger partial charge in [-0.05, 0) is 68.7 Å². The van der Waals surface area contributed by atoms with Gasteiger partial charge < -0.3 is 5.32 Å². The first-order chi connectivity index (χ1) is 7.61. The van der Waals surface area contributed by atoms with Crippen molar-refractivity contribution < 1.29 is 0 Å². The van der Waals surface area contributed by atoms with Gasteiger partial charge in [-0.2, -0.15) is 0 Å². The molecule has 5 atom stereocenters. The minimum Gasteiger partial charge on any atom is -0.317 e. The van der Waals surface area contributed by atoms with Gasteiger partial charge in [0.15, 0.2) is 0 Å². The zero-order valence-corrected chi connectivity index (χ0v) is 11.5. The van der Waals surface area contributed by atoms with Crippen molar-refractivity contribution in [1.82, 2.24) is 5.32 Å². The Morgan fingerprint density at radius 1 is 0.875 bits per heavy atom. The minimum atomic E-state index is 0.789. The molecule has 1 nitrogen and oxygen atoms in total. The molecular weight excluding hydrogens is 194 g/mol. The number of hydrogen-bond donors (Lipinski definition) is 1. The summed E-state index contributed by atoms with van der Waals surface area (Å²) in [5.41, 5.74) is 0. The Balaban J connectivity index is 1.97. The van der Waals surface area contributed by atoms with Crippen molar-refractivity contribution in [2.24, 2.45) is 29.6 Å². The zero-order valence-electron chi connectivity index (χ0n) is 11.5. The molecule has 16 heavy (non-hydrogen) atoms. The van der Waals surface area contributed by atoms with Crippen LogP contribution >= 0.6 is 0 Å². The van der Waals surface area contributed by atoms with Crippen LogP contribution in [0.25, 0.3) is 0 Å². The van der Waals surface area contributed by atoms with E-state index in [1.54, 1.807) is 0 Å². The van der Waals surface area contributed by atoms with Crippen LogP contribution < -0.4 is 5.32 Å². The molecule has 0 aromatic rings. The summed E-state index contributed by atoms with van der Waals surface area (Å²) in [5, 5.41) is 3.51. The average Bonchev–Trinajstić information content (AvgIpc) is 2.58. The topological polar surface area (TPSA) is 12.0 Å². The van der Waals surface area contributed by atoms with Crippen LogP contribution in [0.1, 0.15) is 52.9 Å². The van der Waals surface area contributed by atoms with Crippen LogP contribution in [0.4, 0.5) is 0 Å². The highest BCUT2D eigenvalue weighted by molar-refractivity contribution is 4.91. The fourth-order valence-corrected chi connectivity index (χ4v) is 4.63. The maximum Gasteiger partial charge on any atom is 0.00925 e. The second-order valence-electron chi connectivity index (χ2n) is 6.67. The molecule has 0 aliphatic heterocycles. The average molecular weight is 223 g/mol. The van der Waals surface area contributed by atoms with Gasteiger partial charge in [-0.3, -0.25) is 0 Å². The van der Waals surface area contributed by atoms with Crippen molar-refractivity contribution in [2.45, 2.75) is 58.9 Å². The van der Waals surface area contributed by atoms with Gasteiger partial charge in [0.25, 0.3) is 0 Å². The molecule has 5 unspecified atom stereocenters. The van der Waals surface area contributed by atoms with Crippen molar-refractivity contribution in [1.29, 1.82) is 0 Å². The fraction of sp³-hybridized carbons (Fsp3) is 1.00.